The van der Waals surface area contributed by atoms with Gasteiger partial charge in [-0.25, -0.2) is 4.98 Å². The van der Waals surface area contributed by atoms with Gasteiger partial charge in [-0.2, -0.15) is 0 Å². The number of H-pyrrole nitrogens is 1. The van der Waals surface area contributed by atoms with Gasteiger partial charge < -0.3 is 15.6 Å². The summed E-state index contributed by atoms with van der Waals surface area (Å²) in [5, 5.41) is 6.23. The van der Waals surface area contributed by atoms with E-state index in [0.717, 1.165) is 30.8 Å². The van der Waals surface area contributed by atoms with Crippen LogP contribution in [0.5, 0.6) is 0 Å². The van der Waals surface area contributed by atoms with Crippen LogP contribution in [-0.4, -0.2) is 29.5 Å². The van der Waals surface area contributed by atoms with E-state index >= 15 is 0 Å². The Labute approximate surface area is 137 Å². The standard InChI is InChI=1S/C18H26N4O/c1-18(2,22-10-4-5-16-20-11-12-21-16)15-8-6-14(7-9-15)13-17(23)19-3/h6-9,11-12,22H,4-5,10,13H2,1-3H3,(H,19,23)(H,20,21). The van der Waals surface area contributed by atoms with E-state index in [2.05, 4.69) is 46.6 Å². The number of carbonyl (C=O) groups excluding carboxylic acids is 1. The van der Waals surface area contributed by atoms with Gasteiger partial charge in [0.05, 0.1) is 6.42 Å². The molecule has 2 rings (SSSR count). The van der Waals surface area contributed by atoms with Gasteiger partial charge in [-0.15, -0.1) is 0 Å². The molecule has 0 saturated carbocycles. The second kappa shape index (κ2) is 7.92. The van der Waals surface area contributed by atoms with Gasteiger partial charge in [0.1, 0.15) is 5.82 Å². The average Bonchev–Trinajstić information content (AvgIpc) is 3.05. The van der Waals surface area contributed by atoms with Crippen molar-refractivity contribution in [3.63, 3.8) is 0 Å². The van der Waals surface area contributed by atoms with Crippen LogP contribution in [0.2, 0.25) is 0 Å². The van der Waals surface area contributed by atoms with Gasteiger partial charge in [-0.1, -0.05) is 24.3 Å². The monoisotopic (exact) mass is 314 g/mol. The molecule has 1 aromatic heterocycles. The van der Waals surface area contributed by atoms with Gasteiger partial charge in [0.15, 0.2) is 0 Å². The fourth-order valence-electron chi connectivity index (χ4n) is 2.51. The molecule has 0 unspecified atom stereocenters. The number of likely N-dealkylation sites (N-methyl/N-ethyl adjacent to an activating group) is 1. The van der Waals surface area contributed by atoms with Crippen molar-refractivity contribution in [2.75, 3.05) is 13.6 Å². The Kier molecular flexibility index (Phi) is 5.93. The Morgan fingerprint density at radius 1 is 1.26 bits per heavy atom. The molecule has 0 bridgehead atoms. The van der Waals surface area contributed by atoms with Crippen molar-refractivity contribution in [1.29, 1.82) is 0 Å². The second-order valence-electron chi connectivity index (χ2n) is 6.24. The zero-order valence-electron chi connectivity index (χ0n) is 14.1. The number of amides is 1. The number of hydrogen-bond donors (Lipinski definition) is 3. The SMILES string of the molecule is CNC(=O)Cc1ccc(C(C)(C)NCCCc2ncc[nH]2)cc1. The molecule has 0 spiro atoms. The summed E-state index contributed by atoms with van der Waals surface area (Å²) >= 11 is 0. The fraction of sp³-hybridized carbons (Fsp3) is 0.444. The first kappa shape index (κ1) is 17.2. The summed E-state index contributed by atoms with van der Waals surface area (Å²) in [4.78, 5) is 18.8. The van der Waals surface area contributed by atoms with Crippen LogP contribution < -0.4 is 10.6 Å². The number of nitrogens with one attached hydrogen (secondary N) is 3. The number of imidazole rings is 1. The van der Waals surface area contributed by atoms with E-state index in [1.54, 1.807) is 13.2 Å². The number of benzene rings is 1. The lowest BCUT2D eigenvalue weighted by molar-refractivity contribution is -0.119. The summed E-state index contributed by atoms with van der Waals surface area (Å²) in [6.07, 6.45) is 6.04. The Balaban J connectivity index is 1.84. The third-order valence-electron chi connectivity index (χ3n) is 4.03. The highest BCUT2D eigenvalue weighted by Gasteiger charge is 2.19. The molecule has 0 aliphatic heterocycles. The van der Waals surface area contributed by atoms with Crippen molar-refractivity contribution in [3.05, 3.63) is 53.6 Å². The molecule has 1 amide bonds. The lowest BCUT2D eigenvalue weighted by Crippen LogP contribution is -2.37. The maximum absolute atomic E-state index is 11.4. The Morgan fingerprint density at radius 2 is 2.00 bits per heavy atom. The highest BCUT2D eigenvalue weighted by molar-refractivity contribution is 5.78. The summed E-state index contributed by atoms with van der Waals surface area (Å²) in [7, 11) is 1.66. The van der Waals surface area contributed by atoms with Crippen molar-refractivity contribution >= 4 is 5.91 Å². The third-order valence-corrected chi connectivity index (χ3v) is 4.03. The molecule has 0 aliphatic carbocycles. The number of carbonyl (C=O) groups is 1. The van der Waals surface area contributed by atoms with E-state index in [0.29, 0.717) is 6.42 Å². The fourth-order valence-corrected chi connectivity index (χ4v) is 2.51. The third kappa shape index (κ3) is 5.21. The van der Waals surface area contributed by atoms with Crippen molar-refractivity contribution < 1.29 is 4.79 Å². The topological polar surface area (TPSA) is 69.8 Å². The maximum atomic E-state index is 11.4. The number of aryl methyl sites for hydroxylation is 1. The Morgan fingerprint density at radius 3 is 2.61 bits per heavy atom. The number of rotatable bonds is 8. The highest BCUT2D eigenvalue weighted by atomic mass is 16.1. The zero-order chi connectivity index (χ0) is 16.7. The second-order valence-corrected chi connectivity index (χ2v) is 6.24. The van der Waals surface area contributed by atoms with Crippen molar-refractivity contribution in [2.45, 2.75) is 38.6 Å². The van der Waals surface area contributed by atoms with E-state index < -0.39 is 0 Å². The van der Waals surface area contributed by atoms with Crippen LogP contribution in [0.25, 0.3) is 0 Å². The van der Waals surface area contributed by atoms with E-state index in [1.807, 2.05) is 18.3 Å². The quantitative estimate of drug-likeness (QED) is 0.654. The van der Waals surface area contributed by atoms with Crippen LogP contribution in [0.4, 0.5) is 0 Å². The van der Waals surface area contributed by atoms with Gasteiger partial charge in [0, 0.05) is 31.4 Å². The number of nitrogens with zero attached hydrogens (tertiary/aromatic N) is 1. The molecule has 0 radical (unpaired) electrons. The van der Waals surface area contributed by atoms with Crippen molar-refractivity contribution in [2.24, 2.45) is 0 Å². The lowest BCUT2D eigenvalue weighted by Gasteiger charge is -2.27. The molecule has 5 nitrogen and oxygen atoms in total. The Bertz CT molecular complexity index is 602. The molecule has 23 heavy (non-hydrogen) atoms. The van der Waals surface area contributed by atoms with Crippen LogP contribution in [0.3, 0.4) is 0 Å². The highest BCUT2D eigenvalue weighted by Crippen LogP contribution is 2.20. The largest absolute Gasteiger partial charge is 0.359 e. The van der Waals surface area contributed by atoms with Crippen LogP contribution in [0.15, 0.2) is 36.7 Å². The van der Waals surface area contributed by atoms with Gasteiger partial charge in [-0.3, -0.25) is 4.79 Å². The van der Waals surface area contributed by atoms with Crippen molar-refractivity contribution in [3.8, 4) is 0 Å². The molecule has 3 N–H and O–H groups in total. The van der Waals surface area contributed by atoms with Gasteiger partial charge in [0.25, 0.3) is 0 Å². The van der Waals surface area contributed by atoms with Crippen LogP contribution in [0, 0.1) is 0 Å². The molecule has 0 aliphatic rings. The van der Waals surface area contributed by atoms with Crippen LogP contribution >= 0.6 is 0 Å². The summed E-state index contributed by atoms with van der Waals surface area (Å²) in [6, 6.07) is 8.24. The average molecular weight is 314 g/mol. The molecule has 0 fully saturated rings. The van der Waals surface area contributed by atoms with Gasteiger partial charge in [0.2, 0.25) is 5.91 Å². The normalized spacial score (nSPS) is 11.4. The number of aromatic nitrogens is 2. The number of hydrogen-bond acceptors (Lipinski definition) is 3. The first-order valence-corrected chi connectivity index (χ1v) is 8.04. The molecular formula is C18H26N4O. The van der Waals surface area contributed by atoms with Gasteiger partial charge >= 0.3 is 0 Å². The first-order valence-electron chi connectivity index (χ1n) is 8.04. The summed E-state index contributed by atoms with van der Waals surface area (Å²) < 4.78 is 0. The molecule has 124 valence electrons. The molecule has 5 heteroatoms. The smallest absolute Gasteiger partial charge is 0.224 e. The van der Waals surface area contributed by atoms with Crippen LogP contribution in [-0.2, 0) is 23.2 Å². The number of aromatic amines is 1. The predicted molar refractivity (Wildman–Crippen MR) is 92.2 cm³/mol. The van der Waals surface area contributed by atoms with E-state index in [9.17, 15) is 4.79 Å². The molecule has 0 saturated heterocycles. The molecular weight excluding hydrogens is 288 g/mol. The van der Waals surface area contributed by atoms with E-state index in [4.69, 9.17) is 0 Å². The summed E-state index contributed by atoms with van der Waals surface area (Å²) in [6.45, 7) is 5.27. The Hall–Kier alpha value is -2.14. The molecule has 1 heterocycles. The minimum absolute atomic E-state index is 0.0352. The minimum Gasteiger partial charge on any atom is -0.359 e. The minimum atomic E-state index is -0.102. The lowest BCUT2D eigenvalue weighted by atomic mass is 9.93. The van der Waals surface area contributed by atoms with E-state index in [1.165, 1.54) is 5.56 Å². The molecule has 2 aromatic rings. The van der Waals surface area contributed by atoms with E-state index in [-0.39, 0.29) is 11.4 Å². The summed E-state index contributed by atoms with van der Waals surface area (Å²) in [5.74, 6) is 1.07. The van der Waals surface area contributed by atoms with Gasteiger partial charge in [-0.05, 0) is 37.9 Å². The maximum Gasteiger partial charge on any atom is 0.224 e. The van der Waals surface area contributed by atoms with Crippen molar-refractivity contribution in [1.82, 2.24) is 20.6 Å². The zero-order valence-corrected chi connectivity index (χ0v) is 14.1. The van der Waals surface area contributed by atoms with Crippen LogP contribution in [0.1, 0.15) is 37.2 Å². The molecule has 1 aromatic carbocycles. The summed E-state index contributed by atoms with van der Waals surface area (Å²) in [5.41, 5.74) is 2.15. The first-order chi connectivity index (χ1) is 11.0. The predicted octanol–water partition coefficient (Wildman–Crippen LogP) is 2.16. The molecule has 0 atom stereocenters.